The number of nitrogens with one attached hydrogen (secondary N) is 2. The van der Waals surface area contributed by atoms with E-state index in [0.717, 1.165) is 26.0 Å². The Labute approximate surface area is 235 Å². The van der Waals surface area contributed by atoms with Gasteiger partial charge in [0.2, 0.25) is 11.8 Å². The molecule has 0 saturated heterocycles. The molecule has 3 rings (SSSR count). The van der Waals surface area contributed by atoms with Crippen LogP contribution < -0.4 is 16.2 Å². The summed E-state index contributed by atoms with van der Waals surface area (Å²) in [5.41, 5.74) is -1.13. The molecule has 0 aromatic carbocycles. The van der Waals surface area contributed by atoms with E-state index >= 15 is 4.39 Å². The van der Waals surface area contributed by atoms with E-state index in [1.54, 1.807) is 0 Å². The number of nitrogens with zero attached hydrogens (tertiary/aromatic N) is 4. The van der Waals surface area contributed by atoms with Crippen molar-refractivity contribution in [2.75, 3.05) is 18.9 Å². The number of hydrogen-bond acceptors (Lipinski definition) is 5. The first kappa shape index (κ1) is 31.8. The summed E-state index contributed by atoms with van der Waals surface area (Å²) in [5.74, 6) is -3.15. The third-order valence-electron chi connectivity index (χ3n) is 7.35. The molecule has 3 amide bonds. The number of aromatic nitrogens is 3. The summed E-state index contributed by atoms with van der Waals surface area (Å²) in [6.07, 6.45) is 0.477. The summed E-state index contributed by atoms with van der Waals surface area (Å²) in [6.45, 7) is 5.44. The van der Waals surface area contributed by atoms with Crippen molar-refractivity contribution >= 4 is 23.4 Å². The van der Waals surface area contributed by atoms with E-state index in [1.165, 1.54) is 23.9 Å². The molecule has 41 heavy (non-hydrogen) atoms. The lowest BCUT2D eigenvalue weighted by Crippen LogP contribution is -2.50. The monoisotopic (exact) mass is 584 g/mol. The van der Waals surface area contributed by atoms with Gasteiger partial charge in [-0.05, 0) is 51.5 Å². The molecule has 2 heterocycles. The number of pyridine rings is 1. The van der Waals surface area contributed by atoms with Crippen molar-refractivity contribution in [3.8, 4) is 0 Å². The molecule has 14 heteroatoms. The van der Waals surface area contributed by atoms with Crippen molar-refractivity contribution in [2.45, 2.75) is 77.7 Å². The fourth-order valence-corrected chi connectivity index (χ4v) is 5.05. The first-order valence-electron chi connectivity index (χ1n) is 13.5. The molecule has 1 aliphatic rings. The van der Waals surface area contributed by atoms with Gasteiger partial charge in [0.1, 0.15) is 24.3 Å². The molecule has 0 bridgehead atoms. The number of carbonyl (C=O) groups excluding carboxylic acids is 3. The van der Waals surface area contributed by atoms with Gasteiger partial charge in [-0.25, -0.2) is 4.39 Å². The topological polar surface area (TPSA) is 118 Å². The van der Waals surface area contributed by atoms with Crippen LogP contribution in [0.15, 0.2) is 29.3 Å². The quantitative estimate of drug-likeness (QED) is 0.434. The predicted molar refractivity (Wildman–Crippen MR) is 143 cm³/mol. The summed E-state index contributed by atoms with van der Waals surface area (Å²) in [6, 6.07) is -0.297. The third kappa shape index (κ3) is 7.94. The van der Waals surface area contributed by atoms with Gasteiger partial charge in [-0.1, -0.05) is 19.8 Å². The van der Waals surface area contributed by atoms with Crippen molar-refractivity contribution in [3.63, 3.8) is 0 Å². The number of hydrogen-bond donors (Lipinski definition) is 2. The molecule has 10 nitrogen and oxygen atoms in total. The largest absolute Gasteiger partial charge is 0.406 e. The van der Waals surface area contributed by atoms with Gasteiger partial charge in [-0.15, -0.1) is 0 Å². The van der Waals surface area contributed by atoms with Gasteiger partial charge in [0.05, 0.1) is 5.69 Å². The highest BCUT2D eigenvalue weighted by Gasteiger charge is 2.35. The van der Waals surface area contributed by atoms with Crippen LogP contribution >= 0.6 is 0 Å². The Hall–Kier alpha value is -3.71. The molecule has 2 aromatic heterocycles. The highest BCUT2D eigenvalue weighted by molar-refractivity contribution is 6.00. The Morgan fingerprint density at radius 1 is 1.15 bits per heavy atom. The molecule has 1 fully saturated rings. The number of amides is 3. The molecule has 0 aliphatic heterocycles. The first-order chi connectivity index (χ1) is 19.1. The van der Waals surface area contributed by atoms with E-state index in [0.29, 0.717) is 34.4 Å². The van der Waals surface area contributed by atoms with E-state index in [4.69, 9.17) is 0 Å². The van der Waals surface area contributed by atoms with Gasteiger partial charge in [0.15, 0.2) is 5.82 Å². The van der Waals surface area contributed by atoms with E-state index in [-0.39, 0.29) is 17.7 Å². The Kier molecular flexibility index (Phi) is 9.98. The maximum atomic E-state index is 15.1. The third-order valence-corrected chi connectivity index (χ3v) is 7.35. The van der Waals surface area contributed by atoms with Gasteiger partial charge in [-0.3, -0.25) is 23.9 Å². The minimum absolute atomic E-state index is 0.114. The van der Waals surface area contributed by atoms with Crippen LogP contribution in [0.4, 0.5) is 23.2 Å². The molecule has 2 N–H and O–H groups in total. The molecular formula is C27H36F4N6O4. The Morgan fingerprint density at radius 2 is 1.78 bits per heavy atom. The molecule has 1 aliphatic carbocycles. The van der Waals surface area contributed by atoms with Crippen molar-refractivity contribution in [1.29, 1.82) is 0 Å². The first-order valence-corrected chi connectivity index (χ1v) is 13.5. The standard InChI is InChI=1S/C27H36F4N6O4/c1-15(2)37-21(10-11-32-37)24(39)34-23(18-8-6-16(3)7-9-18)25(40)33-20-12-22(38)36(13-19(20)28)17(4)26(41)35(5)14-27(29,30)31/h10-13,15-18,23H,6-9,14H2,1-5H3,(H,33,40)(H,34,39)/t16?,17-,18?,23-/m0/s1. The lowest BCUT2D eigenvalue weighted by molar-refractivity contribution is -0.160. The van der Waals surface area contributed by atoms with E-state index in [2.05, 4.69) is 22.7 Å². The minimum Gasteiger partial charge on any atom is -0.339 e. The molecule has 2 atom stereocenters. The van der Waals surface area contributed by atoms with Gasteiger partial charge in [0, 0.05) is 31.5 Å². The van der Waals surface area contributed by atoms with Crippen molar-refractivity contribution in [2.24, 2.45) is 11.8 Å². The van der Waals surface area contributed by atoms with Gasteiger partial charge in [0.25, 0.3) is 11.5 Å². The summed E-state index contributed by atoms with van der Waals surface area (Å²) in [7, 11) is 0.927. The number of alkyl halides is 3. The zero-order valence-corrected chi connectivity index (χ0v) is 23.7. The predicted octanol–water partition coefficient (Wildman–Crippen LogP) is 3.91. The van der Waals surface area contributed by atoms with Crippen LogP contribution in [0.1, 0.15) is 76.0 Å². The van der Waals surface area contributed by atoms with E-state index in [1.807, 2.05) is 13.8 Å². The zero-order valence-electron chi connectivity index (χ0n) is 23.7. The molecule has 226 valence electrons. The van der Waals surface area contributed by atoms with E-state index < -0.39 is 59.6 Å². The molecule has 1 saturated carbocycles. The van der Waals surface area contributed by atoms with Crippen LogP contribution in [0.2, 0.25) is 0 Å². The van der Waals surface area contributed by atoms with Gasteiger partial charge in [-0.2, -0.15) is 18.3 Å². The van der Waals surface area contributed by atoms with Crippen LogP contribution in [0.25, 0.3) is 0 Å². The van der Waals surface area contributed by atoms with Crippen molar-refractivity contribution in [3.05, 3.63) is 46.4 Å². The second-order valence-corrected chi connectivity index (χ2v) is 11.0. The number of rotatable bonds is 9. The summed E-state index contributed by atoms with van der Waals surface area (Å²) < 4.78 is 55.3. The van der Waals surface area contributed by atoms with Gasteiger partial charge >= 0.3 is 6.18 Å². The Balaban J connectivity index is 1.83. The summed E-state index contributed by atoms with van der Waals surface area (Å²) in [5, 5.41) is 9.31. The van der Waals surface area contributed by atoms with Gasteiger partial charge < -0.3 is 20.1 Å². The van der Waals surface area contributed by atoms with Crippen molar-refractivity contribution in [1.82, 2.24) is 24.6 Å². The number of likely N-dealkylation sites (N-methyl/N-ethyl adjacent to an activating group) is 1. The SMILES string of the molecule is CC1CCC([C@H](NC(=O)c2ccnn2C(C)C)C(=O)Nc2cc(=O)n([C@@H](C)C(=O)N(C)CC(F)(F)F)cc2F)CC1. The smallest absolute Gasteiger partial charge is 0.339 e. The van der Waals surface area contributed by atoms with Crippen LogP contribution in [0.5, 0.6) is 0 Å². The maximum Gasteiger partial charge on any atom is 0.406 e. The molecule has 0 spiro atoms. The van der Waals surface area contributed by atoms with Crippen LogP contribution in [0, 0.1) is 17.7 Å². The molecule has 0 radical (unpaired) electrons. The van der Waals surface area contributed by atoms with Crippen LogP contribution in [-0.2, 0) is 9.59 Å². The van der Waals surface area contributed by atoms with Crippen molar-refractivity contribution < 1.29 is 31.9 Å². The molecule has 0 unspecified atom stereocenters. The zero-order chi connectivity index (χ0) is 30.6. The average molecular weight is 585 g/mol. The fraction of sp³-hybridized carbons (Fsp3) is 0.593. The molecule has 2 aromatic rings. The normalized spacial score (nSPS) is 19.0. The number of carbonyl (C=O) groups is 3. The number of halogens is 4. The fourth-order valence-electron chi connectivity index (χ4n) is 5.05. The maximum absolute atomic E-state index is 15.1. The lowest BCUT2D eigenvalue weighted by atomic mass is 9.79. The Morgan fingerprint density at radius 3 is 2.37 bits per heavy atom. The Bertz CT molecular complexity index is 1310. The highest BCUT2D eigenvalue weighted by atomic mass is 19.4. The van der Waals surface area contributed by atoms with E-state index in [9.17, 15) is 32.3 Å². The second-order valence-electron chi connectivity index (χ2n) is 11.0. The average Bonchev–Trinajstić information content (AvgIpc) is 3.38. The summed E-state index contributed by atoms with van der Waals surface area (Å²) in [4.78, 5) is 52.2. The number of anilines is 1. The minimum atomic E-state index is -4.65. The second kappa shape index (κ2) is 12.9. The lowest BCUT2D eigenvalue weighted by Gasteiger charge is -2.32. The van der Waals surface area contributed by atoms with Crippen LogP contribution in [0.3, 0.4) is 0 Å². The summed E-state index contributed by atoms with van der Waals surface area (Å²) >= 11 is 0. The molecular weight excluding hydrogens is 548 g/mol. The van der Waals surface area contributed by atoms with Crippen LogP contribution in [-0.4, -0.2) is 62.8 Å². The highest BCUT2D eigenvalue weighted by Crippen LogP contribution is 2.31.